The largest absolute Gasteiger partial charge is 0.482 e. The van der Waals surface area contributed by atoms with Crippen LogP contribution in [0.25, 0.3) is 28.1 Å². The third kappa shape index (κ3) is 4.87. The molecule has 44 heavy (non-hydrogen) atoms. The monoisotopic (exact) mass is 627 g/mol. The number of piperidine rings is 1. The van der Waals surface area contributed by atoms with Crippen LogP contribution in [-0.4, -0.2) is 83.8 Å². The van der Waals surface area contributed by atoms with Gasteiger partial charge in [0.25, 0.3) is 5.91 Å². The number of hydrogen-bond acceptors (Lipinski definition) is 7. The molecule has 2 saturated heterocycles. The number of pyridine rings is 2. The summed E-state index contributed by atoms with van der Waals surface area (Å²) < 4.78 is 61.6. The fourth-order valence-corrected chi connectivity index (χ4v) is 7.60. The molecule has 3 fully saturated rings. The van der Waals surface area contributed by atoms with Gasteiger partial charge in [-0.3, -0.25) is 9.20 Å². The highest BCUT2D eigenvalue weighted by atomic mass is 32.2. The Morgan fingerprint density at radius 1 is 1.16 bits per heavy atom. The molecule has 1 aliphatic carbocycles. The van der Waals surface area contributed by atoms with Gasteiger partial charge < -0.3 is 19.5 Å². The molecular weight excluding hydrogens is 592 g/mol. The summed E-state index contributed by atoms with van der Waals surface area (Å²) in [7, 11) is -2.70. The fraction of sp³-hybridized carbons (Fsp3) is 0.500. The Morgan fingerprint density at radius 3 is 2.66 bits per heavy atom. The number of sulfonamides is 1. The van der Waals surface area contributed by atoms with Crippen molar-refractivity contribution < 1.29 is 26.7 Å². The van der Waals surface area contributed by atoms with Gasteiger partial charge in [-0.2, -0.15) is 13.1 Å². The van der Waals surface area contributed by atoms with Crippen LogP contribution in [0.15, 0.2) is 30.3 Å². The van der Waals surface area contributed by atoms with Gasteiger partial charge in [-0.1, -0.05) is 0 Å². The molecule has 14 heteroatoms. The number of imidazole rings is 1. The average molecular weight is 628 g/mol. The van der Waals surface area contributed by atoms with Crippen LogP contribution in [-0.2, 0) is 16.6 Å². The van der Waals surface area contributed by atoms with Crippen molar-refractivity contribution in [2.45, 2.75) is 51.7 Å². The predicted molar refractivity (Wildman–Crippen MR) is 162 cm³/mol. The van der Waals surface area contributed by atoms with E-state index in [4.69, 9.17) is 9.72 Å². The Balaban J connectivity index is 1.33. The van der Waals surface area contributed by atoms with E-state index in [0.717, 1.165) is 63.0 Å². The summed E-state index contributed by atoms with van der Waals surface area (Å²) >= 11 is 0. The molecule has 7 rings (SSSR count). The number of aromatic nitrogens is 4. The molecule has 3 aliphatic rings. The first-order valence-electron chi connectivity index (χ1n) is 14.9. The van der Waals surface area contributed by atoms with Crippen LogP contribution in [0.4, 0.5) is 14.6 Å². The van der Waals surface area contributed by atoms with Crippen LogP contribution in [0.1, 0.15) is 41.7 Å². The lowest BCUT2D eigenvalue weighted by atomic mass is 9.93. The lowest BCUT2D eigenvalue weighted by molar-refractivity contribution is 0.0702. The first-order chi connectivity index (χ1) is 21.0. The van der Waals surface area contributed by atoms with E-state index in [1.807, 2.05) is 26.9 Å². The molecule has 4 aromatic heterocycles. The molecule has 234 valence electrons. The molecule has 4 aromatic rings. The number of rotatable bonds is 8. The van der Waals surface area contributed by atoms with Gasteiger partial charge in [-0.05, 0) is 75.3 Å². The molecule has 1 amide bonds. The van der Waals surface area contributed by atoms with E-state index in [2.05, 4.69) is 10.3 Å². The van der Waals surface area contributed by atoms with Crippen molar-refractivity contribution in [2.75, 3.05) is 37.3 Å². The van der Waals surface area contributed by atoms with Gasteiger partial charge in [-0.15, -0.1) is 0 Å². The summed E-state index contributed by atoms with van der Waals surface area (Å²) in [5.41, 5.74) is 3.61. The number of methoxy groups -OCH3 is 1. The molecule has 0 radical (unpaired) electrons. The van der Waals surface area contributed by atoms with Gasteiger partial charge in [0, 0.05) is 42.7 Å². The normalized spacial score (nSPS) is 20.5. The molecule has 0 spiro atoms. The minimum Gasteiger partial charge on any atom is -0.482 e. The van der Waals surface area contributed by atoms with Gasteiger partial charge in [0.1, 0.15) is 22.8 Å². The topological polar surface area (TPSA) is 114 Å². The van der Waals surface area contributed by atoms with Crippen LogP contribution in [0.3, 0.4) is 0 Å². The van der Waals surface area contributed by atoms with Gasteiger partial charge in [-0.25, -0.2) is 18.4 Å². The Morgan fingerprint density at radius 2 is 1.95 bits per heavy atom. The van der Waals surface area contributed by atoms with E-state index in [9.17, 15) is 22.0 Å². The first-order valence-corrected chi connectivity index (χ1v) is 16.8. The smallest absolute Gasteiger partial charge is 0.329 e. The average Bonchev–Trinajstić information content (AvgIpc) is 3.45. The number of aryl methyl sites for hydroxylation is 1. The van der Waals surface area contributed by atoms with Crippen LogP contribution >= 0.6 is 0 Å². The van der Waals surface area contributed by atoms with Crippen molar-refractivity contribution in [3.8, 4) is 17.3 Å². The number of hydrogen-bond donors (Lipinski definition) is 1. The number of carbonyl (C=O) groups is 1. The summed E-state index contributed by atoms with van der Waals surface area (Å²) in [5, 5.41) is 4.09. The second-order valence-electron chi connectivity index (χ2n) is 12.1. The summed E-state index contributed by atoms with van der Waals surface area (Å²) in [6.07, 6.45) is 4.87. The highest BCUT2D eigenvalue weighted by Gasteiger charge is 2.39. The zero-order chi connectivity index (χ0) is 30.9. The highest BCUT2D eigenvalue weighted by Crippen LogP contribution is 2.38. The quantitative estimate of drug-likeness (QED) is 0.295. The lowest BCUT2D eigenvalue weighted by Gasteiger charge is -2.32. The highest BCUT2D eigenvalue weighted by molar-refractivity contribution is 7.92. The zero-order valence-corrected chi connectivity index (χ0v) is 25.6. The van der Waals surface area contributed by atoms with Crippen molar-refractivity contribution in [2.24, 2.45) is 11.8 Å². The van der Waals surface area contributed by atoms with E-state index >= 15 is 0 Å². The van der Waals surface area contributed by atoms with Crippen molar-refractivity contribution in [1.82, 2.24) is 29.2 Å². The van der Waals surface area contributed by atoms with E-state index in [1.165, 1.54) is 6.07 Å². The third-order valence-corrected chi connectivity index (χ3v) is 10.3. The van der Waals surface area contributed by atoms with Crippen molar-refractivity contribution >= 4 is 38.4 Å². The van der Waals surface area contributed by atoms with E-state index in [0.29, 0.717) is 52.2 Å². The number of ether oxygens (including phenoxy) is 1. The van der Waals surface area contributed by atoms with Crippen molar-refractivity contribution in [1.29, 1.82) is 0 Å². The maximum Gasteiger partial charge on any atom is 0.329 e. The fourth-order valence-electron chi connectivity index (χ4n) is 6.87. The van der Waals surface area contributed by atoms with Gasteiger partial charge in [0.15, 0.2) is 5.88 Å². The van der Waals surface area contributed by atoms with E-state index < -0.39 is 16.6 Å². The molecule has 1 N–H and O–H groups in total. The molecule has 2 atom stereocenters. The number of amides is 1. The number of alkyl halides is 2. The number of fused-ring (bicyclic) bond motifs is 3. The molecule has 2 unspecified atom stereocenters. The second kappa shape index (κ2) is 10.7. The van der Waals surface area contributed by atoms with E-state index in [-0.39, 0.29) is 22.1 Å². The molecule has 11 nitrogen and oxygen atoms in total. The molecule has 6 heterocycles. The summed E-state index contributed by atoms with van der Waals surface area (Å²) in [5.74, 6) is 0.999. The van der Waals surface area contributed by atoms with Crippen LogP contribution in [0.2, 0.25) is 0 Å². The number of halogens is 2. The van der Waals surface area contributed by atoms with E-state index in [1.54, 1.807) is 25.3 Å². The van der Waals surface area contributed by atoms with Gasteiger partial charge in [0.2, 0.25) is 10.0 Å². The first kappa shape index (κ1) is 29.0. The standard InChI is InChI=1S/C30H35F2N7O4S/c1-17-27(22-12-20-6-7-24(39(30(31)32)44(3,41)42)35-28(20)37(22)16-18-4-5-18)34-25-13-21(14-26(43-2)38(17)25)29(40)36-11-9-19-8-10-33-15-23(19)36/h6-7,12-14,18-19,23,30,33H,4-5,8-11,15-16H2,1-3H3. The summed E-state index contributed by atoms with van der Waals surface area (Å²) in [4.78, 5) is 25.2. The Hall–Kier alpha value is -3.78. The predicted octanol–water partition coefficient (Wildman–Crippen LogP) is 3.89. The SMILES string of the molecule is COc1cc(C(=O)N2CCC3CCNCC32)cc2nc(-c3cc4ccc(N(C(F)F)S(C)(=O)=O)nc4n3CC3CC3)c(C)n12. The van der Waals surface area contributed by atoms with Crippen LogP contribution in [0.5, 0.6) is 5.88 Å². The number of carbonyl (C=O) groups excluding carboxylic acids is 1. The molecule has 0 aromatic carbocycles. The molecule has 2 aliphatic heterocycles. The number of anilines is 1. The van der Waals surface area contributed by atoms with Crippen LogP contribution < -0.4 is 14.4 Å². The number of nitrogens with zero attached hydrogens (tertiary/aromatic N) is 6. The number of nitrogens with one attached hydrogen (secondary N) is 1. The Labute approximate surface area is 253 Å². The third-order valence-electron chi connectivity index (χ3n) is 9.24. The van der Waals surface area contributed by atoms with Gasteiger partial charge >= 0.3 is 6.55 Å². The maximum atomic E-state index is 13.8. The summed E-state index contributed by atoms with van der Waals surface area (Å²) in [6, 6.07) is 8.53. The van der Waals surface area contributed by atoms with Gasteiger partial charge in [0.05, 0.1) is 24.8 Å². The Bertz CT molecular complexity index is 1890. The molecular formula is C30H35F2N7O4S. The number of likely N-dealkylation sites (tertiary alicyclic amines) is 1. The van der Waals surface area contributed by atoms with Crippen LogP contribution in [0, 0.1) is 18.8 Å². The molecule has 0 bridgehead atoms. The lowest BCUT2D eigenvalue weighted by Crippen LogP contribution is -2.48. The van der Waals surface area contributed by atoms with Crippen molar-refractivity contribution in [3.63, 3.8) is 0 Å². The summed E-state index contributed by atoms with van der Waals surface area (Å²) in [6.45, 7) is 1.73. The van der Waals surface area contributed by atoms with Crippen molar-refractivity contribution in [3.05, 3.63) is 41.6 Å². The molecule has 1 saturated carbocycles. The minimum atomic E-state index is -4.26. The second-order valence-corrected chi connectivity index (χ2v) is 14.0. The Kier molecular flexibility index (Phi) is 7.03. The minimum absolute atomic E-state index is 0.0338. The maximum absolute atomic E-state index is 13.8. The zero-order valence-electron chi connectivity index (χ0n) is 24.8.